The van der Waals surface area contributed by atoms with Crippen molar-refractivity contribution in [2.45, 2.75) is 18.4 Å². The van der Waals surface area contributed by atoms with Crippen molar-refractivity contribution < 1.29 is 28.2 Å². The normalized spacial score (nSPS) is 13.2. The molecule has 1 amide bonds. The zero-order valence-electron chi connectivity index (χ0n) is 16.3. The van der Waals surface area contributed by atoms with Gasteiger partial charge in [-0.1, -0.05) is 48.5 Å². The lowest BCUT2D eigenvalue weighted by atomic mass is 9.98. The second-order valence-corrected chi connectivity index (χ2v) is 7.34. The summed E-state index contributed by atoms with van der Waals surface area (Å²) >= 11 is 0. The summed E-state index contributed by atoms with van der Waals surface area (Å²) in [5, 5.41) is 11.7. The van der Waals surface area contributed by atoms with Crippen LogP contribution in [0.4, 0.5) is 13.6 Å². The van der Waals surface area contributed by atoms with Crippen LogP contribution in [0.25, 0.3) is 11.1 Å². The van der Waals surface area contributed by atoms with Crippen LogP contribution in [0.15, 0.2) is 66.7 Å². The van der Waals surface area contributed by atoms with Crippen molar-refractivity contribution in [3.8, 4) is 11.1 Å². The molecule has 0 spiro atoms. The van der Waals surface area contributed by atoms with E-state index in [0.717, 1.165) is 34.4 Å². The molecule has 0 aliphatic heterocycles. The van der Waals surface area contributed by atoms with E-state index in [1.54, 1.807) is 0 Å². The van der Waals surface area contributed by atoms with Gasteiger partial charge >= 0.3 is 12.1 Å². The summed E-state index contributed by atoms with van der Waals surface area (Å²) in [6.45, 7) is 0.0286. The predicted octanol–water partition coefficient (Wildman–Crippen LogP) is 4.50. The van der Waals surface area contributed by atoms with E-state index in [1.807, 2.05) is 48.5 Å². The van der Waals surface area contributed by atoms with Gasteiger partial charge in [-0.3, -0.25) is 0 Å². The average Bonchev–Trinajstić information content (AvgIpc) is 3.05. The summed E-state index contributed by atoms with van der Waals surface area (Å²) in [7, 11) is 0. The summed E-state index contributed by atoms with van der Waals surface area (Å²) in [5.41, 5.74) is 4.32. The fraction of sp³-hybridized carbons (Fsp3) is 0.167. The van der Waals surface area contributed by atoms with Gasteiger partial charge in [0, 0.05) is 18.4 Å². The highest BCUT2D eigenvalue weighted by atomic mass is 19.1. The summed E-state index contributed by atoms with van der Waals surface area (Å²) in [4.78, 5) is 23.9. The number of hydrogen-bond donors (Lipinski definition) is 2. The Kier molecular flexibility index (Phi) is 5.66. The van der Waals surface area contributed by atoms with Crippen LogP contribution in [-0.2, 0) is 16.0 Å². The summed E-state index contributed by atoms with van der Waals surface area (Å²) < 4.78 is 32.1. The number of halogens is 2. The third-order valence-electron chi connectivity index (χ3n) is 5.30. The van der Waals surface area contributed by atoms with Crippen molar-refractivity contribution in [3.05, 3.63) is 95.1 Å². The lowest BCUT2D eigenvalue weighted by Gasteiger charge is -2.17. The summed E-state index contributed by atoms with van der Waals surface area (Å²) in [5.74, 6) is -3.14. The highest BCUT2D eigenvalue weighted by Gasteiger charge is 2.29. The number of amides is 1. The van der Waals surface area contributed by atoms with E-state index in [2.05, 4.69) is 5.32 Å². The summed E-state index contributed by atoms with van der Waals surface area (Å²) in [6, 6.07) is 17.0. The van der Waals surface area contributed by atoms with Gasteiger partial charge in [-0.2, -0.15) is 0 Å². The molecule has 158 valence electrons. The standard InChI is InChI=1S/C24H19F2NO4/c25-15-9-14(10-16(26)12-15)11-22(23(28)29)27-24(30)31-13-21-19-7-3-1-5-17(19)18-6-2-4-8-20(18)21/h1-10,12,21-22H,11,13H2,(H,27,30)(H,28,29)/t22-/m0/s1. The minimum absolute atomic E-state index is 0.0286. The largest absolute Gasteiger partial charge is 0.480 e. The average molecular weight is 423 g/mol. The number of carboxylic acid groups (broad SMARTS) is 1. The van der Waals surface area contributed by atoms with Gasteiger partial charge in [0.2, 0.25) is 0 Å². The fourth-order valence-electron chi connectivity index (χ4n) is 3.95. The molecule has 0 fully saturated rings. The quantitative estimate of drug-likeness (QED) is 0.612. The molecule has 7 heteroatoms. The van der Waals surface area contributed by atoms with Gasteiger partial charge in [0.25, 0.3) is 0 Å². The number of carboxylic acids is 1. The van der Waals surface area contributed by atoms with Crippen molar-refractivity contribution in [1.29, 1.82) is 0 Å². The molecule has 0 unspecified atom stereocenters. The molecule has 3 aromatic rings. The van der Waals surface area contributed by atoms with Gasteiger partial charge < -0.3 is 15.2 Å². The van der Waals surface area contributed by atoms with Crippen LogP contribution in [0.1, 0.15) is 22.6 Å². The molecule has 0 heterocycles. The molecule has 0 bridgehead atoms. The van der Waals surface area contributed by atoms with Crippen LogP contribution in [-0.4, -0.2) is 29.8 Å². The van der Waals surface area contributed by atoms with Gasteiger partial charge in [0.15, 0.2) is 0 Å². The Labute approximate surface area is 177 Å². The highest BCUT2D eigenvalue weighted by Crippen LogP contribution is 2.44. The number of ether oxygens (including phenoxy) is 1. The second kappa shape index (κ2) is 8.55. The maximum Gasteiger partial charge on any atom is 0.407 e. The monoisotopic (exact) mass is 423 g/mol. The Bertz CT molecular complexity index is 1080. The number of carbonyl (C=O) groups is 2. The fourth-order valence-corrected chi connectivity index (χ4v) is 3.95. The zero-order chi connectivity index (χ0) is 22.0. The molecule has 1 aliphatic rings. The first-order chi connectivity index (χ1) is 14.9. The predicted molar refractivity (Wildman–Crippen MR) is 110 cm³/mol. The number of alkyl carbamates (subject to hydrolysis) is 1. The number of rotatable bonds is 6. The molecular weight excluding hydrogens is 404 g/mol. The van der Waals surface area contributed by atoms with E-state index in [-0.39, 0.29) is 24.5 Å². The number of carbonyl (C=O) groups excluding carboxylic acids is 1. The van der Waals surface area contributed by atoms with E-state index in [9.17, 15) is 23.5 Å². The Morgan fingerprint density at radius 3 is 2.03 bits per heavy atom. The van der Waals surface area contributed by atoms with Gasteiger partial charge in [-0.25, -0.2) is 18.4 Å². The van der Waals surface area contributed by atoms with E-state index >= 15 is 0 Å². The third-order valence-corrected chi connectivity index (χ3v) is 5.30. The Hall–Kier alpha value is -3.74. The van der Waals surface area contributed by atoms with Crippen molar-refractivity contribution in [2.75, 3.05) is 6.61 Å². The number of aliphatic carboxylic acids is 1. The molecule has 0 aromatic heterocycles. The van der Waals surface area contributed by atoms with Crippen LogP contribution >= 0.6 is 0 Å². The SMILES string of the molecule is O=C(N[C@@H](Cc1cc(F)cc(F)c1)C(=O)O)OCC1c2ccccc2-c2ccccc21. The van der Waals surface area contributed by atoms with Crippen molar-refractivity contribution in [1.82, 2.24) is 5.32 Å². The van der Waals surface area contributed by atoms with Crippen LogP contribution in [0.2, 0.25) is 0 Å². The first-order valence-electron chi connectivity index (χ1n) is 9.71. The third kappa shape index (κ3) is 4.40. The number of benzene rings is 3. The smallest absolute Gasteiger partial charge is 0.407 e. The molecule has 0 saturated heterocycles. The zero-order valence-corrected chi connectivity index (χ0v) is 16.3. The van der Waals surface area contributed by atoms with Crippen LogP contribution < -0.4 is 5.32 Å². The Morgan fingerprint density at radius 2 is 1.48 bits per heavy atom. The van der Waals surface area contributed by atoms with Crippen LogP contribution in [0, 0.1) is 11.6 Å². The highest BCUT2D eigenvalue weighted by molar-refractivity contribution is 5.81. The van der Waals surface area contributed by atoms with E-state index in [4.69, 9.17) is 4.74 Å². The van der Waals surface area contributed by atoms with Crippen molar-refractivity contribution in [2.24, 2.45) is 0 Å². The maximum atomic E-state index is 13.4. The summed E-state index contributed by atoms with van der Waals surface area (Å²) in [6.07, 6.45) is -1.19. The molecule has 2 N–H and O–H groups in total. The number of hydrogen-bond acceptors (Lipinski definition) is 3. The number of nitrogens with one attached hydrogen (secondary N) is 1. The van der Waals surface area contributed by atoms with Crippen LogP contribution in [0.3, 0.4) is 0 Å². The molecule has 0 radical (unpaired) electrons. The first kappa shape index (κ1) is 20.5. The Balaban J connectivity index is 1.44. The molecule has 3 aromatic carbocycles. The molecular formula is C24H19F2NO4. The van der Waals surface area contributed by atoms with Gasteiger partial charge in [-0.15, -0.1) is 0 Å². The lowest BCUT2D eigenvalue weighted by Crippen LogP contribution is -2.43. The molecule has 5 nitrogen and oxygen atoms in total. The first-order valence-corrected chi connectivity index (χ1v) is 9.71. The van der Waals surface area contributed by atoms with E-state index in [1.165, 1.54) is 0 Å². The lowest BCUT2D eigenvalue weighted by molar-refractivity contribution is -0.139. The minimum atomic E-state index is -1.39. The van der Waals surface area contributed by atoms with Crippen molar-refractivity contribution >= 4 is 12.1 Å². The van der Waals surface area contributed by atoms with E-state index < -0.39 is 29.7 Å². The molecule has 4 rings (SSSR count). The molecule has 31 heavy (non-hydrogen) atoms. The topological polar surface area (TPSA) is 75.6 Å². The Morgan fingerprint density at radius 1 is 0.935 bits per heavy atom. The molecule has 0 saturated carbocycles. The van der Waals surface area contributed by atoms with Gasteiger partial charge in [-0.05, 0) is 39.9 Å². The maximum absolute atomic E-state index is 13.4. The molecule has 1 atom stereocenters. The van der Waals surface area contributed by atoms with Gasteiger partial charge in [0.05, 0.1) is 0 Å². The minimum Gasteiger partial charge on any atom is -0.480 e. The molecule has 1 aliphatic carbocycles. The second-order valence-electron chi connectivity index (χ2n) is 7.34. The van der Waals surface area contributed by atoms with E-state index in [0.29, 0.717) is 6.07 Å². The van der Waals surface area contributed by atoms with Crippen molar-refractivity contribution in [3.63, 3.8) is 0 Å². The number of fused-ring (bicyclic) bond motifs is 3. The van der Waals surface area contributed by atoms with Gasteiger partial charge in [0.1, 0.15) is 24.3 Å². The van der Waals surface area contributed by atoms with Crippen LogP contribution in [0.5, 0.6) is 0 Å².